The van der Waals surface area contributed by atoms with E-state index in [0.717, 1.165) is 0 Å². The van der Waals surface area contributed by atoms with Crippen LogP contribution < -0.4 is 14.8 Å². The number of nitrogens with one attached hydrogen (secondary N) is 1. The highest BCUT2D eigenvalue weighted by Gasteiger charge is 2.11. The highest BCUT2D eigenvalue weighted by atomic mass is 19.3. The molecule has 0 aliphatic rings. The number of halogens is 3. The Morgan fingerprint density at radius 2 is 1.88 bits per heavy atom. The van der Waals surface area contributed by atoms with E-state index in [1.54, 1.807) is 24.3 Å². The quantitative estimate of drug-likeness (QED) is 0.724. The fourth-order valence-corrected chi connectivity index (χ4v) is 2.20. The number of benzene rings is 2. The minimum Gasteiger partial charge on any atom is -0.493 e. The van der Waals surface area contributed by atoms with Gasteiger partial charge in [0.1, 0.15) is 5.82 Å². The molecule has 4 nitrogen and oxygen atoms in total. The van der Waals surface area contributed by atoms with Crippen molar-refractivity contribution in [1.82, 2.24) is 5.32 Å². The smallest absolute Gasteiger partial charge is 0.387 e. The lowest BCUT2D eigenvalue weighted by atomic mass is 10.1. The molecule has 1 N–H and O–H groups in total. The Kier molecular flexibility index (Phi) is 7.08. The second-order valence-corrected chi connectivity index (χ2v) is 5.29. The van der Waals surface area contributed by atoms with Crippen LogP contribution in [0.5, 0.6) is 11.5 Å². The molecule has 2 aromatic rings. The summed E-state index contributed by atoms with van der Waals surface area (Å²) in [5, 5.41) is 2.68. The molecule has 7 heteroatoms. The maximum Gasteiger partial charge on any atom is 0.387 e. The third-order valence-electron chi connectivity index (χ3n) is 3.45. The van der Waals surface area contributed by atoms with E-state index in [9.17, 15) is 18.0 Å². The number of amides is 1. The van der Waals surface area contributed by atoms with Crippen molar-refractivity contribution in [3.63, 3.8) is 0 Å². The van der Waals surface area contributed by atoms with Crippen LogP contribution in [0, 0.1) is 5.82 Å². The summed E-state index contributed by atoms with van der Waals surface area (Å²) in [4.78, 5) is 11.8. The average Bonchev–Trinajstić information content (AvgIpc) is 2.61. The minimum absolute atomic E-state index is 0.0532. The van der Waals surface area contributed by atoms with Gasteiger partial charge < -0.3 is 14.8 Å². The van der Waals surface area contributed by atoms with Crippen LogP contribution >= 0.6 is 0 Å². The number of methoxy groups -OCH3 is 1. The van der Waals surface area contributed by atoms with E-state index in [0.29, 0.717) is 24.1 Å². The van der Waals surface area contributed by atoms with Gasteiger partial charge in [0.15, 0.2) is 11.5 Å². The third-order valence-corrected chi connectivity index (χ3v) is 3.45. The summed E-state index contributed by atoms with van der Waals surface area (Å²) in [6.45, 7) is -2.64. The summed E-state index contributed by atoms with van der Waals surface area (Å²) >= 11 is 0. The number of carbonyl (C=O) groups excluding carboxylic acids is 1. The van der Waals surface area contributed by atoms with Crippen LogP contribution in [0.4, 0.5) is 13.2 Å². The predicted molar refractivity (Wildman–Crippen MR) is 91.8 cm³/mol. The molecule has 0 spiro atoms. The van der Waals surface area contributed by atoms with Crippen molar-refractivity contribution in [3.8, 4) is 11.5 Å². The molecule has 26 heavy (non-hydrogen) atoms. The summed E-state index contributed by atoms with van der Waals surface area (Å²) < 4.78 is 47.0. The average molecular weight is 365 g/mol. The number of hydrogen-bond donors (Lipinski definition) is 1. The molecule has 0 aliphatic heterocycles. The van der Waals surface area contributed by atoms with Crippen LogP contribution in [0.1, 0.15) is 11.1 Å². The van der Waals surface area contributed by atoms with Gasteiger partial charge in [0, 0.05) is 12.6 Å². The summed E-state index contributed by atoms with van der Waals surface area (Å²) in [5.41, 5.74) is 1.41. The Bertz CT molecular complexity index is 761. The van der Waals surface area contributed by atoms with Gasteiger partial charge in [0.25, 0.3) is 0 Å². The van der Waals surface area contributed by atoms with E-state index >= 15 is 0 Å². The van der Waals surface area contributed by atoms with E-state index in [4.69, 9.17) is 4.74 Å². The number of ether oxygens (including phenoxy) is 2. The normalized spacial score (nSPS) is 11.0. The van der Waals surface area contributed by atoms with Gasteiger partial charge in [-0.1, -0.05) is 18.2 Å². The Morgan fingerprint density at radius 3 is 2.54 bits per heavy atom. The van der Waals surface area contributed by atoms with Gasteiger partial charge in [-0.25, -0.2) is 4.39 Å². The number of carbonyl (C=O) groups is 1. The van der Waals surface area contributed by atoms with Crippen LogP contribution in [-0.2, 0) is 11.2 Å². The van der Waals surface area contributed by atoms with Gasteiger partial charge in [0.05, 0.1) is 7.11 Å². The molecular formula is C19H18F3NO3. The second kappa shape index (κ2) is 9.50. The molecule has 0 saturated heterocycles. The molecule has 0 aliphatic carbocycles. The molecule has 0 heterocycles. The van der Waals surface area contributed by atoms with Gasteiger partial charge in [-0.3, -0.25) is 4.79 Å². The zero-order valence-corrected chi connectivity index (χ0v) is 14.0. The third kappa shape index (κ3) is 6.16. The van der Waals surface area contributed by atoms with Gasteiger partial charge in [-0.2, -0.15) is 8.78 Å². The lowest BCUT2D eigenvalue weighted by Gasteiger charge is -2.11. The number of alkyl halides is 2. The summed E-state index contributed by atoms with van der Waals surface area (Å²) in [7, 11) is 1.36. The zero-order valence-electron chi connectivity index (χ0n) is 14.0. The van der Waals surface area contributed by atoms with Crippen molar-refractivity contribution in [3.05, 3.63) is 65.5 Å². The topological polar surface area (TPSA) is 47.6 Å². The lowest BCUT2D eigenvalue weighted by Crippen LogP contribution is -2.23. The fraction of sp³-hybridized carbons (Fsp3) is 0.211. The first-order valence-corrected chi connectivity index (χ1v) is 7.81. The van der Waals surface area contributed by atoms with E-state index in [-0.39, 0.29) is 23.2 Å². The highest BCUT2D eigenvalue weighted by Crippen LogP contribution is 2.29. The summed E-state index contributed by atoms with van der Waals surface area (Å²) in [6, 6.07) is 10.4. The van der Waals surface area contributed by atoms with Crippen LogP contribution in [0.3, 0.4) is 0 Å². The van der Waals surface area contributed by atoms with Crippen LogP contribution in [0.25, 0.3) is 6.08 Å². The Hall–Kier alpha value is -2.96. The number of hydrogen-bond acceptors (Lipinski definition) is 3. The first-order chi connectivity index (χ1) is 12.5. The minimum atomic E-state index is -2.95. The molecule has 0 unspecified atom stereocenters. The van der Waals surface area contributed by atoms with Gasteiger partial charge in [-0.05, 0) is 47.9 Å². The lowest BCUT2D eigenvalue weighted by molar-refractivity contribution is -0.116. The van der Waals surface area contributed by atoms with Crippen molar-refractivity contribution >= 4 is 12.0 Å². The number of rotatable bonds is 8. The molecule has 0 fully saturated rings. The monoisotopic (exact) mass is 365 g/mol. The molecule has 0 bridgehead atoms. The zero-order chi connectivity index (χ0) is 18.9. The molecular weight excluding hydrogens is 347 g/mol. The molecule has 0 atom stereocenters. The predicted octanol–water partition coefficient (Wildman–Crippen LogP) is 3.81. The van der Waals surface area contributed by atoms with Crippen molar-refractivity contribution in [2.45, 2.75) is 13.0 Å². The molecule has 2 aromatic carbocycles. The molecule has 138 valence electrons. The Morgan fingerprint density at radius 1 is 1.15 bits per heavy atom. The van der Waals surface area contributed by atoms with E-state index in [1.807, 2.05) is 0 Å². The first kappa shape index (κ1) is 19.4. The van der Waals surface area contributed by atoms with Crippen LogP contribution in [-0.4, -0.2) is 26.2 Å². The van der Waals surface area contributed by atoms with Crippen molar-refractivity contribution in [2.75, 3.05) is 13.7 Å². The first-order valence-electron chi connectivity index (χ1n) is 7.81. The van der Waals surface area contributed by atoms with Crippen molar-refractivity contribution in [2.24, 2.45) is 0 Å². The maximum absolute atomic E-state index is 12.8. The standard InChI is InChI=1S/C19H18F3NO3/c1-25-16-8-4-14(12-17(16)26-19(21)22)10-11-23-18(24)9-5-13-2-6-15(20)7-3-13/h2-9,12,19H,10-11H2,1H3,(H,23,24). The summed E-state index contributed by atoms with van der Waals surface area (Å²) in [5.74, 6) is -0.504. The van der Waals surface area contributed by atoms with Crippen LogP contribution in [0.15, 0.2) is 48.5 Å². The Balaban J connectivity index is 1.86. The van der Waals surface area contributed by atoms with E-state index in [1.165, 1.54) is 37.5 Å². The molecule has 0 radical (unpaired) electrons. The fourth-order valence-electron chi connectivity index (χ4n) is 2.20. The molecule has 2 rings (SSSR count). The van der Waals surface area contributed by atoms with Crippen LogP contribution in [0.2, 0.25) is 0 Å². The van der Waals surface area contributed by atoms with E-state index < -0.39 is 6.61 Å². The highest BCUT2D eigenvalue weighted by molar-refractivity contribution is 5.91. The largest absolute Gasteiger partial charge is 0.493 e. The van der Waals surface area contributed by atoms with E-state index in [2.05, 4.69) is 10.1 Å². The molecule has 0 aromatic heterocycles. The molecule has 0 saturated carbocycles. The maximum atomic E-state index is 12.8. The Labute approximate surface area is 149 Å². The van der Waals surface area contributed by atoms with Crippen molar-refractivity contribution < 1.29 is 27.4 Å². The van der Waals surface area contributed by atoms with Gasteiger partial charge >= 0.3 is 6.61 Å². The van der Waals surface area contributed by atoms with Gasteiger partial charge in [0.2, 0.25) is 5.91 Å². The SMILES string of the molecule is COc1ccc(CCNC(=O)C=Cc2ccc(F)cc2)cc1OC(F)F. The van der Waals surface area contributed by atoms with Gasteiger partial charge in [-0.15, -0.1) is 0 Å². The molecule has 1 amide bonds. The van der Waals surface area contributed by atoms with Crippen molar-refractivity contribution in [1.29, 1.82) is 0 Å². The summed E-state index contributed by atoms with van der Waals surface area (Å²) in [6.07, 6.45) is 3.34. The second-order valence-electron chi connectivity index (χ2n) is 5.29.